The fraction of sp³-hybridized carbons (Fsp3) is 0.211. The van der Waals surface area contributed by atoms with Crippen molar-refractivity contribution in [3.05, 3.63) is 65.2 Å². The average molecular weight is 338 g/mol. The van der Waals surface area contributed by atoms with Gasteiger partial charge in [0.05, 0.1) is 18.2 Å². The molecule has 0 aromatic heterocycles. The number of imide groups is 1. The maximum absolute atomic E-state index is 12.2. The number of rotatable bonds is 6. The molecule has 3 rings (SSSR count). The summed E-state index contributed by atoms with van der Waals surface area (Å²) in [7, 11) is 1.58. The Morgan fingerprint density at radius 1 is 1.04 bits per heavy atom. The van der Waals surface area contributed by atoms with Gasteiger partial charge in [-0.05, 0) is 29.8 Å². The SMILES string of the molecule is COc1cccc(CNC(=O)CCN2C(=O)c3ccccc3C2=O)c1. The van der Waals surface area contributed by atoms with Gasteiger partial charge in [-0.2, -0.15) is 0 Å². The summed E-state index contributed by atoms with van der Waals surface area (Å²) in [6.45, 7) is 0.425. The molecule has 1 N–H and O–H groups in total. The second kappa shape index (κ2) is 7.17. The van der Waals surface area contributed by atoms with Crippen molar-refractivity contribution in [1.29, 1.82) is 0 Å². The molecule has 0 fully saturated rings. The van der Waals surface area contributed by atoms with Crippen LogP contribution in [-0.4, -0.2) is 36.3 Å². The zero-order valence-corrected chi connectivity index (χ0v) is 13.8. The van der Waals surface area contributed by atoms with Crippen molar-refractivity contribution in [1.82, 2.24) is 10.2 Å². The number of fused-ring (bicyclic) bond motifs is 1. The number of hydrogen-bond donors (Lipinski definition) is 1. The molecule has 25 heavy (non-hydrogen) atoms. The van der Waals surface area contributed by atoms with Gasteiger partial charge in [0.25, 0.3) is 11.8 Å². The lowest BCUT2D eigenvalue weighted by molar-refractivity contribution is -0.121. The van der Waals surface area contributed by atoms with Gasteiger partial charge < -0.3 is 10.1 Å². The standard InChI is InChI=1S/C19H18N2O4/c1-25-14-6-4-5-13(11-14)12-20-17(22)9-10-21-18(23)15-7-2-3-8-16(15)19(21)24/h2-8,11H,9-10,12H2,1H3,(H,20,22). The third-order valence-electron chi connectivity index (χ3n) is 4.06. The van der Waals surface area contributed by atoms with Crippen LogP contribution in [0.5, 0.6) is 5.75 Å². The molecule has 0 radical (unpaired) electrons. The van der Waals surface area contributed by atoms with Crippen LogP contribution in [0.15, 0.2) is 48.5 Å². The summed E-state index contributed by atoms with van der Waals surface area (Å²) < 4.78 is 5.14. The lowest BCUT2D eigenvalue weighted by atomic mass is 10.1. The van der Waals surface area contributed by atoms with Crippen molar-refractivity contribution < 1.29 is 19.1 Å². The van der Waals surface area contributed by atoms with E-state index in [0.29, 0.717) is 17.7 Å². The molecule has 0 atom stereocenters. The molecule has 6 heteroatoms. The maximum atomic E-state index is 12.2. The second-order valence-corrected chi connectivity index (χ2v) is 5.69. The van der Waals surface area contributed by atoms with Crippen LogP contribution >= 0.6 is 0 Å². The Bertz CT molecular complexity index is 797. The molecule has 1 aliphatic heterocycles. The summed E-state index contributed by atoms with van der Waals surface area (Å²) in [5.41, 5.74) is 1.70. The zero-order valence-electron chi connectivity index (χ0n) is 13.8. The van der Waals surface area contributed by atoms with Crippen LogP contribution in [-0.2, 0) is 11.3 Å². The first-order valence-corrected chi connectivity index (χ1v) is 7.95. The van der Waals surface area contributed by atoms with Crippen LogP contribution in [0.4, 0.5) is 0 Å². The second-order valence-electron chi connectivity index (χ2n) is 5.69. The predicted octanol–water partition coefficient (Wildman–Crippen LogP) is 2.00. The van der Waals surface area contributed by atoms with Gasteiger partial charge in [0.2, 0.25) is 5.91 Å². The van der Waals surface area contributed by atoms with E-state index in [1.54, 1.807) is 31.4 Å². The quantitative estimate of drug-likeness (QED) is 0.818. The monoisotopic (exact) mass is 338 g/mol. The first-order valence-electron chi connectivity index (χ1n) is 7.95. The summed E-state index contributed by atoms with van der Waals surface area (Å²) in [4.78, 5) is 37.6. The Morgan fingerprint density at radius 3 is 2.36 bits per heavy atom. The first kappa shape index (κ1) is 16.7. The Labute approximate surface area is 145 Å². The van der Waals surface area contributed by atoms with Crippen LogP contribution in [0, 0.1) is 0 Å². The molecule has 1 aliphatic rings. The van der Waals surface area contributed by atoms with Gasteiger partial charge in [0.15, 0.2) is 0 Å². The molecule has 6 nitrogen and oxygen atoms in total. The highest BCUT2D eigenvalue weighted by molar-refractivity contribution is 6.21. The highest BCUT2D eigenvalue weighted by Crippen LogP contribution is 2.22. The molecule has 0 bridgehead atoms. The number of amides is 3. The minimum atomic E-state index is -0.346. The van der Waals surface area contributed by atoms with Crippen LogP contribution in [0.25, 0.3) is 0 Å². The van der Waals surface area contributed by atoms with E-state index in [1.807, 2.05) is 24.3 Å². The highest BCUT2D eigenvalue weighted by Gasteiger charge is 2.34. The molecule has 2 aromatic carbocycles. The summed E-state index contributed by atoms with van der Waals surface area (Å²) in [6.07, 6.45) is 0.0649. The number of nitrogens with zero attached hydrogens (tertiary/aromatic N) is 1. The average Bonchev–Trinajstić information content (AvgIpc) is 2.89. The number of nitrogens with one attached hydrogen (secondary N) is 1. The van der Waals surface area contributed by atoms with Gasteiger partial charge in [0.1, 0.15) is 5.75 Å². The highest BCUT2D eigenvalue weighted by atomic mass is 16.5. The third-order valence-corrected chi connectivity index (χ3v) is 4.06. The van der Waals surface area contributed by atoms with Crippen molar-refractivity contribution >= 4 is 17.7 Å². The Morgan fingerprint density at radius 2 is 1.72 bits per heavy atom. The number of carbonyl (C=O) groups is 3. The fourth-order valence-electron chi connectivity index (χ4n) is 2.73. The maximum Gasteiger partial charge on any atom is 0.261 e. The number of carbonyl (C=O) groups excluding carboxylic acids is 3. The van der Waals surface area contributed by atoms with Crippen molar-refractivity contribution in [2.45, 2.75) is 13.0 Å². The van der Waals surface area contributed by atoms with Gasteiger partial charge >= 0.3 is 0 Å². The smallest absolute Gasteiger partial charge is 0.261 e. The summed E-state index contributed by atoms with van der Waals surface area (Å²) >= 11 is 0. The van der Waals surface area contributed by atoms with E-state index in [0.717, 1.165) is 16.2 Å². The molecule has 2 aromatic rings. The van der Waals surface area contributed by atoms with Gasteiger partial charge in [0, 0.05) is 19.5 Å². The molecular weight excluding hydrogens is 320 g/mol. The van der Waals surface area contributed by atoms with Crippen molar-refractivity contribution in [3.8, 4) is 5.75 Å². The third kappa shape index (κ3) is 3.52. The van der Waals surface area contributed by atoms with Crippen molar-refractivity contribution in [2.75, 3.05) is 13.7 Å². The molecule has 3 amide bonds. The Balaban J connectivity index is 1.53. The van der Waals surface area contributed by atoms with E-state index < -0.39 is 0 Å². The number of hydrogen-bond acceptors (Lipinski definition) is 4. The van der Waals surface area contributed by atoms with E-state index in [4.69, 9.17) is 4.74 Å². The number of benzene rings is 2. The van der Waals surface area contributed by atoms with Gasteiger partial charge in [-0.25, -0.2) is 0 Å². The summed E-state index contributed by atoms with van der Waals surface area (Å²) in [6, 6.07) is 14.1. The summed E-state index contributed by atoms with van der Waals surface area (Å²) in [5, 5.41) is 2.78. The van der Waals surface area contributed by atoms with E-state index in [1.165, 1.54) is 0 Å². The molecule has 128 valence electrons. The molecule has 0 saturated carbocycles. The van der Waals surface area contributed by atoms with Crippen LogP contribution < -0.4 is 10.1 Å². The Kier molecular flexibility index (Phi) is 4.79. The molecule has 0 saturated heterocycles. The van der Waals surface area contributed by atoms with E-state index in [9.17, 15) is 14.4 Å². The van der Waals surface area contributed by atoms with Gasteiger partial charge in [-0.3, -0.25) is 19.3 Å². The van der Waals surface area contributed by atoms with Crippen LogP contribution in [0.3, 0.4) is 0 Å². The van der Waals surface area contributed by atoms with Crippen molar-refractivity contribution in [3.63, 3.8) is 0 Å². The minimum Gasteiger partial charge on any atom is -0.497 e. The molecule has 0 aliphatic carbocycles. The fourth-order valence-corrected chi connectivity index (χ4v) is 2.73. The van der Waals surface area contributed by atoms with Gasteiger partial charge in [-0.1, -0.05) is 24.3 Å². The van der Waals surface area contributed by atoms with Gasteiger partial charge in [-0.15, -0.1) is 0 Å². The molecule has 1 heterocycles. The van der Waals surface area contributed by atoms with E-state index >= 15 is 0 Å². The number of ether oxygens (including phenoxy) is 1. The van der Waals surface area contributed by atoms with E-state index in [-0.39, 0.29) is 30.7 Å². The van der Waals surface area contributed by atoms with Crippen molar-refractivity contribution in [2.24, 2.45) is 0 Å². The predicted molar refractivity (Wildman–Crippen MR) is 91.3 cm³/mol. The summed E-state index contributed by atoms with van der Waals surface area (Å²) in [5.74, 6) is -0.195. The lowest BCUT2D eigenvalue weighted by Gasteiger charge is -2.13. The normalized spacial score (nSPS) is 12.9. The Hall–Kier alpha value is -3.15. The first-order chi connectivity index (χ1) is 12.1. The minimum absolute atomic E-state index is 0.0649. The van der Waals surface area contributed by atoms with E-state index in [2.05, 4.69) is 5.32 Å². The number of methoxy groups -OCH3 is 1. The largest absolute Gasteiger partial charge is 0.497 e. The van der Waals surface area contributed by atoms with Crippen LogP contribution in [0.1, 0.15) is 32.7 Å². The topological polar surface area (TPSA) is 75.7 Å². The molecular formula is C19H18N2O4. The molecule has 0 unspecified atom stereocenters. The lowest BCUT2D eigenvalue weighted by Crippen LogP contribution is -2.34. The zero-order chi connectivity index (χ0) is 17.8. The van der Waals surface area contributed by atoms with Crippen LogP contribution in [0.2, 0.25) is 0 Å². The molecule has 0 spiro atoms.